The van der Waals surface area contributed by atoms with Crippen LogP contribution >= 0.6 is 15.9 Å². The summed E-state index contributed by atoms with van der Waals surface area (Å²) in [5, 5.41) is 20.3. The fraction of sp³-hybridized carbons (Fsp3) is 0.348. The van der Waals surface area contributed by atoms with Crippen molar-refractivity contribution in [2.45, 2.75) is 31.5 Å². The van der Waals surface area contributed by atoms with Crippen molar-refractivity contribution in [1.29, 1.82) is 0 Å². The van der Waals surface area contributed by atoms with Crippen molar-refractivity contribution >= 4 is 38.8 Å². The highest BCUT2D eigenvalue weighted by Gasteiger charge is 2.40. The topological polar surface area (TPSA) is 105 Å². The Bertz CT molecular complexity index is 1300. The van der Waals surface area contributed by atoms with E-state index < -0.39 is 18.0 Å². The third-order valence-electron chi connectivity index (χ3n) is 6.58. The van der Waals surface area contributed by atoms with Crippen LogP contribution < -0.4 is 5.56 Å². The summed E-state index contributed by atoms with van der Waals surface area (Å²) in [6.07, 6.45) is 2.59. The Hall–Kier alpha value is -2.91. The summed E-state index contributed by atoms with van der Waals surface area (Å²) in [5.41, 5.74) is 2.21. The van der Waals surface area contributed by atoms with Gasteiger partial charge >= 0.3 is 11.9 Å². The predicted octanol–water partition coefficient (Wildman–Crippen LogP) is 2.90. The average Bonchev–Trinajstić information content (AvgIpc) is 3.05. The van der Waals surface area contributed by atoms with E-state index in [1.54, 1.807) is 22.9 Å². The van der Waals surface area contributed by atoms with Gasteiger partial charge in [0.15, 0.2) is 0 Å². The molecule has 5 rings (SSSR count). The Morgan fingerprint density at radius 3 is 2.69 bits per heavy atom. The second kappa shape index (κ2) is 7.90. The summed E-state index contributed by atoms with van der Waals surface area (Å²) in [5.74, 6) is -1.69. The van der Waals surface area contributed by atoms with Crippen molar-refractivity contribution in [1.82, 2.24) is 14.0 Å². The molecule has 166 valence electrons. The molecule has 2 aromatic heterocycles. The van der Waals surface area contributed by atoms with Gasteiger partial charge < -0.3 is 19.3 Å². The zero-order valence-electron chi connectivity index (χ0n) is 17.1. The molecule has 1 fully saturated rings. The zero-order valence-corrected chi connectivity index (χ0v) is 18.7. The van der Waals surface area contributed by atoms with Gasteiger partial charge in [-0.05, 0) is 30.5 Å². The van der Waals surface area contributed by atoms with Gasteiger partial charge in [0.25, 0.3) is 5.56 Å². The monoisotopic (exact) mass is 499 g/mol. The van der Waals surface area contributed by atoms with E-state index in [0.717, 1.165) is 22.0 Å². The molecule has 2 aliphatic rings. The fourth-order valence-corrected chi connectivity index (χ4v) is 5.77. The smallest absolute Gasteiger partial charge is 0.325 e. The number of aliphatic carboxylic acids is 2. The normalized spacial score (nSPS) is 21.3. The molecule has 2 aliphatic heterocycles. The molecule has 8 nitrogen and oxygen atoms in total. The molecule has 0 aliphatic carbocycles. The lowest BCUT2D eigenvalue weighted by Crippen LogP contribution is -2.49. The van der Waals surface area contributed by atoms with Crippen LogP contribution in [0.3, 0.4) is 0 Å². The molecule has 1 aromatic carbocycles. The highest BCUT2D eigenvalue weighted by atomic mass is 79.9. The molecule has 3 aromatic rings. The van der Waals surface area contributed by atoms with E-state index in [2.05, 4.69) is 15.9 Å². The molecule has 0 amide bonds. The molecule has 0 spiro atoms. The molecule has 1 saturated heterocycles. The van der Waals surface area contributed by atoms with Crippen LogP contribution in [0, 0.1) is 5.92 Å². The van der Waals surface area contributed by atoms with E-state index in [9.17, 15) is 24.6 Å². The molecular weight excluding hydrogens is 478 g/mol. The summed E-state index contributed by atoms with van der Waals surface area (Å²) < 4.78 is 4.21. The first-order valence-electron chi connectivity index (χ1n) is 10.5. The van der Waals surface area contributed by atoms with Crippen LogP contribution in [0.5, 0.6) is 0 Å². The Morgan fingerprint density at radius 2 is 1.94 bits per heavy atom. The number of halogens is 1. The van der Waals surface area contributed by atoms with Crippen molar-refractivity contribution in [3.63, 3.8) is 0 Å². The molecule has 2 bridgehead atoms. The zero-order chi connectivity index (χ0) is 22.6. The van der Waals surface area contributed by atoms with Gasteiger partial charge in [-0.25, -0.2) is 0 Å². The standard InChI is InChI=1S/C23H22BrN3O5/c24-15-4-5-16-17(11-25(12-21(29)30)19(16)7-15)22(23(31)32)26-8-13-6-14(10-26)18-2-1-3-20(28)27(18)9-13/h1-5,7,11,13-14,22H,6,8-10,12H2,(H,29,30)(H,31,32)/t13-,14+,22?/m1/s1. The minimum Gasteiger partial charge on any atom is -0.480 e. The molecule has 0 saturated carbocycles. The van der Waals surface area contributed by atoms with Crippen molar-refractivity contribution in [2.75, 3.05) is 13.1 Å². The SMILES string of the molecule is O=C(O)Cn1cc(C(C(=O)O)N2C[C@H]3C[C@@H](C2)c2cccc(=O)n2C3)c2ccc(Br)cc21. The van der Waals surface area contributed by atoms with Gasteiger partial charge in [-0.15, -0.1) is 0 Å². The van der Waals surface area contributed by atoms with Crippen LogP contribution in [0.4, 0.5) is 0 Å². The van der Waals surface area contributed by atoms with Gasteiger partial charge in [0.1, 0.15) is 12.6 Å². The Morgan fingerprint density at radius 1 is 1.12 bits per heavy atom. The summed E-state index contributed by atoms with van der Waals surface area (Å²) >= 11 is 3.42. The summed E-state index contributed by atoms with van der Waals surface area (Å²) in [6.45, 7) is 1.43. The molecule has 4 heterocycles. The van der Waals surface area contributed by atoms with Gasteiger partial charge in [0.05, 0.1) is 5.52 Å². The number of aromatic nitrogens is 2. The highest BCUT2D eigenvalue weighted by molar-refractivity contribution is 9.10. The Kier molecular flexibility index (Phi) is 5.17. The van der Waals surface area contributed by atoms with Crippen LogP contribution in [0.2, 0.25) is 0 Å². The summed E-state index contributed by atoms with van der Waals surface area (Å²) in [4.78, 5) is 38.2. The lowest BCUT2D eigenvalue weighted by atomic mass is 9.82. The number of benzene rings is 1. The minimum atomic E-state index is -0.991. The van der Waals surface area contributed by atoms with Gasteiger partial charge in [0, 0.05) is 58.9 Å². The van der Waals surface area contributed by atoms with Gasteiger partial charge in [-0.2, -0.15) is 0 Å². The molecule has 1 unspecified atom stereocenters. The summed E-state index contributed by atoms with van der Waals surface area (Å²) in [7, 11) is 0. The Balaban J connectivity index is 1.57. The second-order valence-electron chi connectivity index (χ2n) is 8.66. The van der Waals surface area contributed by atoms with E-state index >= 15 is 0 Å². The van der Waals surface area contributed by atoms with Crippen molar-refractivity contribution in [3.05, 3.63) is 68.7 Å². The minimum absolute atomic E-state index is 0.0113. The maximum absolute atomic E-state index is 12.5. The quantitative estimate of drug-likeness (QED) is 0.559. The third kappa shape index (κ3) is 3.55. The number of hydrogen-bond acceptors (Lipinski definition) is 4. The average molecular weight is 500 g/mol. The van der Waals surface area contributed by atoms with Crippen molar-refractivity contribution in [2.24, 2.45) is 5.92 Å². The Labute approximate surface area is 191 Å². The first-order chi connectivity index (χ1) is 15.3. The van der Waals surface area contributed by atoms with Crippen molar-refractivity contribution in [3.8, 4) is 0 Å². The molecule has 2 N–H and O–H groups in total. The maximum Gasteiger partial charge on any atom is 0.325 e. The van der Waals surface area contributed by atoms with E-state index in [-0.39, 0.29) is 23.9 Å². The van der Waals surface area contributed by atoms with Gasteiger partial charge in [-0.3, -0.25) is 19.3 Å². The third-order valence-corrected chi connectivity index (χ3v) is 7.08. The number of hydrogen-bond donors (Lipinski definition) is 2. The number of likely N-dealkylation sites (tertiary alicyclic amines) is 1. The lowest BCUT2D eigenvalue weighted by Gasteiger charge is -2.44. The fourth-order valence-electron chi connectivity index (χ4n) is 5.42. The van der Waals surface area contributed by atoms with Crippen LogP contribution in [0.25, 0.3) is 10.9 Å². The van der Waals surface area contributed by atoms with Crippen LogP contribution in [-0.4, -0.2) is 49.3 Å². The molecule has 3 atom stereocenters. The number of nitrogens with zero attached hydrogens (tertiary/aromatic N) is 3. The highest BCUT2D eigenvalue weighted by Crippen LogP contribution is 2.40. The second-order valence-corrected chi connectivity index (χ2v) is 9.58. The van der Waals surface area contributed by atoms with Gasteiger partial charge in [-0.1, -0.05) is 28.1 Å². The number of carbonyl (C=O) groups is 2. The molecule has 0 radical (unpaired) electrons. The van der Waals surface area contributed by atoms with Crippen molar-refractivity contribution < 1.29 is 19.8 Å². The number of fused-ring (bicyclic) bond motifs is 5. The molecule has 9 heteroatoms. The number of rotatable bonds is 5. The maximum atomic E-state index is 12.5. The van der Waals surface area contributed by atoms with Crippen LogP contribution in [-0.2, 0) is 22.7 Å². The van der Waals surface area contributed by atoms with E-state index in [1.165, 1.54) is 0 Å². The number of carboxylic acid groups (broad SMARTS) is 2. The first kappa shape index (κ1) is 21.0. The predicted molar refractivity (Wildman–Crippen MR) is 121 cm³/mol. The van der Waals surface area contributed by atoms with E-state index in [4.69, 9.17) is 0 Å². The van der Waals surface area contributed by atoms with Crippen LogP contribution in [0.1, 0.15) is 29.6 Å². The number of carboxylic acids is 2. The molecular formula is C23H22BrN3O5. The first-order valence-corrected chi connectivity index (χ1v) is 11.3. The van der Waals surface area contributed by atoms with E-state index in [0.29, 0.717) is 30.7 Å². The molecule has 32 heavy (non-hydrogen) atoms. The lowest BCUT2D eigenvalue weighted by molar-refractivity contribution is -0.144. The largest absolute Gasteiger partial charge is 0.480 e. The van der Waals surface area contributed by atoms with Gasteiger partial charge in [0.2, 0.25) is 0 Å². The van der Waals surface area contributed by atoms with Crippen LogP contribution in [0.15, 0.2) is 51.9 Å². The number of piperidine rings is 1. The van der Waals surface area contributed by atoms with E-state index in [1.807, 2.05) is 33.7 Å². The summed E-state index contributed by atoms with van der Waals surface area (Å²) in [6, 6.07) is 9.87. The number of pyridine rings is 1.